The summed E-state index contributed by atoms with van der Waals surface area (Å²) in [5, 5.41) is 2.77. The van der Waals surface area contributed by atoms with Gasteiger partial charge in [-0.25, -0.2) is 4.79 Å². The van der Waals surface area contributed by atoms with E-state index in [9.17, 15) is 9.59 Å². The Bertz CT molecular complexity index is 1100. The first kappa shape index (κ1) is 29.0. The number of nitrogens with zero attached hydrogens (tertiary/aromatic N) is 1. The number of halogens is 1. The van der Waals surface area contributed by atoms with Crippen LogP contribution >= 0.6 is 0 Å². The lowest BCUT2D eigenvalue weighted by molar-refractivity contribution is -0.947. The van der Waals surface area contributed by atoms with Gasteiger partial charge in [-0.15, -0.1) is 0 Å². The van der Waals surface area contributed by atoms with Crippen LogP contribution in [-0.2, 0) is 9.53 Å². The fourth-order valence-corrected chi connectivity index (χ4v) is 5.73. The lowest BCUT2D eigenvalue weighted by Gasteiger charge is -2.51. The summed E-state index contributed by atoms with van der Waals surface area (Å²) in [6.45, 7) is 2.77. The SMILES string of the molecule is COc1ccc(/C=C(\NC(=O)c2ccccc2)C(=O)OC[C@@H]2CCC[N+]3(C)CCCCC23)cc1OC.[I-]. The predicted molar refractivity (Wildman–Crippen MR) is 139 cm³/mol. The summed E-state index contributed by atoms with van der Waals surface area (Å²) in [6.07, 6.45) is 7.51. The molecule has 2 aromatic carbocycles. The number of methoxy groups -OCH3 is 2. The van der Waals surface area contributed by atoms with Crippen LogP contribution in [0.15, 0.2) is 54.2 Å². The molecule has 2 heterocycles. The van der Waals surface area contributed by atoms with Gasteiger partial charge in [-0.1, -0.05) is 24.3 Å². The Morgan fingerprint density at radius 1 is 0.973 bits per heavy atom. The van der Waals surface area contributed by atoms with Gasteiger partial charge < -0.3 is 48.0 Å². The summed E-state index contributed by atoms with van der Waals surface area (Å²) >= 11 is 0. The van der Waals surface area contributed by atoms with Crippen LogP contribution in [-0.4, -0.2) is 63.4 Å². The zero-order valence-corrected chi connectivity index (χ0v) is 24.0. The molecule has 200 valence electrons. The summed E-state index contributed by atoms with van der Waals surface area (Å²) in [6, 6.07) is 14.7. The van der Waals surface area contributed by atoms with E-state index in [2.05, 4.69) is 12.4 Å². The Kier molecular flexibility index (Phi) is 10.4. The number of amides is 1. The van der Waals surface area contributed by atoms with E-state index in [0.717, 1.165) is 17.3 Å². The minimum atomic E-state index is -0.537. The molecular weight excluding hydrogens is 583 g/mol. The van der Waals surface area contributed by atoms with Gasteiger partial charge >= 0.3 is 5.97 Å². The molecule has 3 atom stereocenters. The monoisotopic (exact) mass is 620 g/mol. The van der Waals surface area contributed by atoms with Crippen molar-refractivity contribution in [1.29, 1.82) is 0 Å². The van der Waals surface area contributed by atoms with E-state index in [4.69, 9.17) is 14.2 Å². The topological polar surface area (TPSA) is 73.9 Å². The molecule has 37 heavy (non-hydrogen) atoms. The lowest BCUT2D eigenvalue weighted by atomic mass is 9.82. The van der Waals surface area contributed by atoms with Crippen molar-refractivity contribution in [2.24, 2.45) is 5.92 Å². The van der Waals surface area contributed by atoms with Crippen LogP contribution in [0, 0.1) is 5.92 Å². The molecule has 2 aromatic rings. The molecule has 2 fully saturated rings. The molecule has 0 spiro atoms. The molecule has 2 aliphatic heterocycles. The Balaban J connectivity index is 0.00000380. The van der Waals surface area contributed by atoms with Crippen molar-refractivity contribution in [3.63, 3.8) is 0 Å². The first-order chi connectivity index (χ1) is 17.4. The van der Waals surface area contributed by atoms with E-state index in [1.807, 2.05) is 6.07 Å². The van der Waals surface area contributed by atoms with Gasteiger partial charge in [-0.3, -0.25) is 4.79 Å². The first-order valence-corrected chi connectivity index (χ1v) is 12.7. The van der Waals surface area contributed by atoms with Gasteiger partial charge in [0.15, 0.2) is 11.5 Å². The minimum Gasteiger partial charge on any atom is -1.00 e. The number of rotatable bonds is 8. The van der Waals surface area contributed by atoms with Gasteiger partial charge in [0.05, 0.1) is 40.4 Å². The fraction of sp³-hybridized carbons (Fsp3) is 0.448. The normalized spacial score (nSPS) is 23.2. The largest absolute Gasteiger partial charge is 1.00 e. The summed E-state index contributed by atoms with van der Waals surface area (Å²) in [7, 11) is 5.47. The Morgan fingerprint density at radius 3 is 2.43 bits per heavy atom. The number of fused-ring (bicyclic) bond motifs is 1. The number of esters is 1. The van der Waals surface area contributed by atoms with Gasteiger partial charge in [0.25, 0.3) is 5.91 Å². The maximum Gasteiger partial charge on any atom is 0.354 e. The maximum atomic E-state index is 13.3. The Hall–Kier alpha value is -2.59. The number of benzene rings is 2. The number of carbonyl (C=O) groups is 2. The van der Waals surface area contributed by atoms with E-state index >= 15 is 0 Å². The Morgan fingerprint density at radius 2 is 1.70 bits per heavy atom. The second-order valence-corrected chi connectivity index (χ2v) is 9.98. The van der Waals surface area contributed by atoms with E-state index in [-0.39, 0.29) is 35.6 Å². The third-order valence-corrected chi connectivity index (χ3v) is 7.66. The van der Waals surface area contributed by atoms with Crippen molar-refractivity contribution in [2.45, 2.75) is 38.1 Å². The van der Waals surface area contributed by atoms with Crippen LogP contribution in [0.5, 0.6) is 11.5 Å². The van der Waals surface area contributed by atoms with Crippen molar-refractivity contribution in [3.05, 3.63) is 65.4 Å². The second-order valence-electron chi connectivity index (χ2n) is 9.98. The smallest absolute Gasteiger partial charge is 0.354 e. The van der Waals surface area contributed by atoms with Crippen LogP contribution in [0.25, 0.3) is 6.08 Å². The highest BCUT2D eigenvalue weighted by molar-refractivity contribution is 6.03. The van der Waals surface area contributed by atoms with Gasteiger partial charge in [-0.05, 0) is 61.6 Å². The molecular formula is C29H37IN2O5. The van der Waals surface area contributed by atoms with Crippen molar-refractivity contribution in [3.8, 4) is 11.5 Å². The maximum absolute atomic E-state index is 13.3. The molecule has 2 saturated heterocycles. The third-order valence-electron chi connectivity index (χ3n) is 7.66. The minimum absolute atomic E-state index is 0. The van der Waals surface area contributed by atoms with Crippen molar-refractivity contribution in [1.82, 2.24) is 5.32 Å². The van der Waals surface area contributed by atoms with Crippen molar-refractivity contribution >= 4 is 18.0 Å². The summed E-state index contributed by atoms with van der Waals surface area (Å²) in [4.78, 5) is 26.2. The Labute approximate surface area is 236 Å². The molecule has 2 unspecified atom stereocenters. The summed E-state index contributed by atoms with van der Waals surface area (Å²) < 4.78 is 17.7. The molecule has 7 nitrogen and oxygen atoms in total. The van der Waals surface area contributed by atoms with Crippen molar-refractivity contribution in [2.75, 3.05) is 41.0 Å². The zero-order valence-electron chi connectivity index (χ0n) is 21.9. The molecule has 1 amide bonds. The predicted octanol–water partition coefficient (Wildman–Crippen LogP) is 1.43. The molecule has 0 saturated carbocycles. The van der Waals surface area contributed by atoms with Crippen molar-refractivity contribution < 1.29 is 52.3 Å². The summed E-state index contributed by atoms with van der Waals surface area (Å²) in [5.74, 6) is 0.543. The van der Waals surface area contributed by atoms with E-state index in [0.29, 0.717) is 41.2 Å². The molecule has 0 aromatic heterocycles. The van der Waals surface area contributed by atoms with Gasteiger partial charge in [0.1, 0.15) is 12.3 Å². The highest BCUT2D eigenvalue weighted by Gasteiger charge is 2.44. The van der Waals surface area contributed by atoms with E-state index < -0.39 is 5.97 Å². The average Bonchev–Trinajstić information content (AvgIpc) is 2.91. The lowest BCUT2D eigenvalue weighted by Crippen LogP contribution is -3.00. The number of carbonyl (C=O) groups excluding carboxylic acids is 2. The van der Waals surface area contributed by atoms with Crippen LogP contribution in [0.4, 0.5) is 0 Å². The molecule has 0 aliphatic carbocycles. The third kappa shape index (κ3) is 7.04. The molecule has 0 radical (unpaired) electrons. The summed E-state index contributed by atoms with van der Waals surface area (Å²) in [5.41, 5.74) is 1.24. The number of hydrogen-bond donors (Lipinski definition) is 1. The van der Waals surface area contributed by atoms with Gasteiger partial charge in [0, 0.05) is 17.9 Å². The number of ether oxygens (including phenoxy) is 3. The van der Waals surface area contributed by atoms with Crippen LogP contribution in [0.1, 0.15) is 48.0 Å². The molecule has 1 N–H and O–H groups in total. The first-order valence-electron chi connectivity index (χ1n) is 12.7. The number of nitrogens with one attached hydrogen (secondary N) is 1. The quantitative estimate of drug-likeness (QED) is 0.210. The van der Waals surface area contributed by atoms with Crippen LogP contribution < -0.4 is 38.8 Å². The molecule has 8 heteroatoms. The standard InChI is InChI=1S/C29H36N2O5.HI/c1-31-16-8-7-13-25(31)23(12-9-17-31)20-36-29(33)24(30-28(32)22-10-5-4-6-11-22)18-21-14-15-26(34-2)27(19-21)35-3;/h4-6,10-11,14-15,18-19,23,25H,7-9,12-13,16-17,20H2,1-3H3;1H/b24-18-;/t23-,25?,31?;/m0./s1. The van der Waals surface area contributed by atoms with E-state index in [1.54, 1.807) is 62.8 Å². The number of hydrogen-bond acceptors (Lipinski definition) is 5. The second kappa shape index (κ2) is 13.3. The highest BCUT2D eigenvalue weighted by Crippen LogP contribution is 2.36. The highest BCUT2D eigenvalue weighted by atomic mass is 127. The van der Waals surface area contributed by atoms with E-state index in [1.165, 1.54) is 32.4 Å². The van der Waals surface area contributed by atoms with Gasteiger partial charge in [-0.2, -0.15) is 0 Å². The average molecular weight is 621 g/mol. The zero-order chi connectivity index (χ0) is 25.5. The van der Waals surface area contributed by atoms with Crippen LogP contribution in [0.2, 0.25) is 0 Å². The number of piperidine rings is 2. The molecule has 4 rings (SSSR count). The molecule has 2 aliphatic rings. The molecule has 0 bridgehead atoms. The number of quaternary nitrogens is 1. The van der Waals surface area contributed by atoms with Crippen LogP contribution in [0.3, 0.4) is 0 Å². The fourth-order valence-electron chi connectivity index (χ4n) is 5.73. The van der Waals surface area contributed by atoms with Gasteiger partial charge in [0.2, 0.25) is 0 Å².